The first-order valence-electron chi connectivity index (χ1n) is 9.83. The molecule has 7 heteroatoms. The van der Waals surface area contributed by atoms with E-state index in [1.54, 1.807) is 17.9 Å². The van der Waals surface area contributed by atoms with Gasteiger partial charge in [-0.05, 0) is 23.8 Å². The van der Waals surface area contributed by atoms with Crippen LogP contribution in [0.5, 0.6) is 0 Å². The topological polar surface area (TPSA) is 78.7 Å². The van der Waals surface area contributed by atoms with Crippen LogP contribution in [0.1, 0.15) is 26.6 Å². The van der Waals surface area contributed by atoms with E-state index in [1.165, 1.54) is 0 Å². The smallest absolute Gasteiger partial charge is 0.276 e. The summed E-state index contributed by atoms with van der Waals surface area (Å²) in [5.41, 5.74) is 1.06. The van der Waals surface area contributed by atoms with E-state index >= 15 is 0 Å². The van der Waals surface area contributed by atoms with E-state index in [9.17, 15) is 9.59 Å². The number of fused-ring (bicyclic) bond motifs is 1. The Morgan fingerprint density at radius 2 is 1.83 bits per heavy atom. The predicted molar refractivity (Wildman–Crippen MR) is 110 cm³/mol. The summed E-state index contributed by atoms with van der Waals surface area (Å²) >= 11 is 0. The number of aryl methyl sites for hydroxylation is 1. The molecular weight excluding hydrogens is 368 g/mol. The Kier molecular flexibility index (Phi) is 5.57. The number of rotatable bonds is 5. The molecule has 1 aliphatic rings. The van der Waals surface area contributed by atoms with Crippen molar-refractivity contribution >= 4 is 22.6 Å². The first-order valence-corrected chi connectivity index (χ1v) is 9.83. The quantitative estimate of drug-likeness (QED) is 0.721. The number of nitrogens with zero attached hydrogens (tertiary/aromatic N) is 3. The Balaban J connectivity index is 1.25. The van der Waals surface area contributed by atoms with Crippen molar-refractivity contribution in [3.05, 3.63) is 65.5 Å². The molecular formula is C22H24N4O3. The number of hydrogen-bond acceptors (Lipinski definition) is 5. The number of nitrogens with one attached hydrogen (secondary N) is 1. The molecule has 4 rings (SSSR count). The van der Waals surface area contributed by atoms with E-state index in [4.69, 9.17) is 4.52 Å². The molecule has 0 radical (unpaired) electrons. The zero-order valence-corrected chi connectivity index (χ0v) is 16.4. The summed E-state index contributed by atoms with van der Waals surface area (Å²) < 4.78 is 4.99. The fourth-order valence-electron chi connectivity index (χ4n) is 3.65. The highest BCUT2D eigenvalue weighted by molar-refractivity contribution is 6.07. The van der Waals surface area contributed by atoms with Crippen LogP contribution in [0.4, 0.5) is 0 Å². The highest BCUT2D eigenvalue weighted by Crippen LogP contribution is 2.18. The standard InChI is InChI=1S/C22H24N4O3/c1-16-15-20(24-29-16)22(28)26-13-11-25(12-14-26)10-9-23-21(27)19-8-4-6-17-5-2-3-7-18(17)19/h2-8,15H,9-14H2,1H3,(H,23,27). The van der Waals surface area contributed by atoms with Gasteiger partial charge >= 0.3 is 0 Å². The van der Waals surface area contributed by atoms with Gasteiger partial charge in [-0.3, -0.25) is 14.5 Å². The number of benzene rings is 2. The number of carbonyl (C=O) groups is 2. The van der Waals surface area contributed by atoms with Crippen molar-refractivity contribution in [3.8, 4) is 0 Å². The van der Waals surface area contributed by atoms with Gasteiger partial charge in [0.25, 0.3) is 11.8 Å². The van der Waals surface area contributed by atoms with Crippen molar-refractivity contribution < 1.29 is 14.1 Å². The van der Waals surface area contributed by atoms with Gasteiger partial charge in [-0.25, -0.2) is 0 Å². The molecule has 7 nitrogen and oxygen atoms in total. The van der Waals surface area contributed by atoms with Crippen molar-refractivity contribution in [3.63, 3.8) is 0 Å². The Morgan fingerprint density at radius 3 is 2.59 bits per heavy atom. The molecule has 3 aromatic rings. The first kappa shape index (κ1) is 19.1. The lowest BCUT2D eigenvalue weighted by molar-refractivity contribution is 0.0628. The van der Waals surface area contributed by atoms with Crippen LogP contribution in [0, 0.1) is 6.92 Å². The summed E-state index contributed by atoms with van der Waals surface area (Å²) in [5, 5.41) is 8.84. The molecule has 2 aromatic carbocycles. The van der Waals surface area contributed by atoms with Crippen molar-refractivity contribution in [2.75, 3.05) is 39.3 Å². The average molecular weight is 392 g/mol. The summed E-state index contributed by atoms with van der Waals surface area (Å²) in [6.07, 6.45) is 0. The minimum absolute atomic E-state index is 0.0583. The largest absolute Gasteiger partial charge is 0.361 e. The monoisotopic (exact) mass is 392 g/mol. The minimum atomic E-state index is -0.0919. The van der Waals surface area contributed by atoms with Crippen LogP contribution in [0.15, 0.2) is 53.1 Å². The molecule has 0 aliphatic carbocycles. The zero-order chi connectivity index (χ0) is 20.2. The molecule has 0 unspecified atom stereocenters. The van der Waals surface area contributed by atoms with Crippen molar-refractivity contribution in [1.29, 1.82) is 0 Å². The van der Waals surface area contributed by atoms with Gasteiger partial charge in [0.05, 0.1) is 0 Å². The lowest BCUT2D eigenvalue weighted by Gasteiger charge is -2.34. The third-order valence-corrected chi connectivity index (χ3v) is 5.25. The Morgan fingerprint density at radius 1 is 1.07 bits per heavy atom. The van der Waals surface area contributed by atoms with Crippen LogP contribution in [-0.2, 0) is 0 Å². The Labute approximate surface area is 169 Å². The van der Waals surface area contributed by atoms with Crippen LogP contribution >= 0.6 is 0 Å². The van der Waals surface area contributed by atoms with E-state index in [0.717, 1.165) is 30.4 Å². The molecule has 150 valence electrons. The van der Waals surface area contributed by atoms with E-state index in [0.29, 0.717) is 36.7 Å². The van der Waals surface area contributed by atoms with Gasteiger partial charge in [0.2, 0.25) is 0 Å². The highest BCUT2D eigenvalue weighted by atomic mass is 16.5. The van der Waals surface area contributed by atoms with Gasteiger partial charge in [-0.2, -0.15) is 0 Å². The number of piperazine rings is 1. The second kappa shape index (κ2) is 8.45. The molecule has 0 atom stereocenters. The van der Waals surface area contributed by atoms with Gasteiger partial charge in [-0.1, -0.05) is 41.6 Å². The summed E-state index contributed by atoms with van der Waals surface area (Å²) in [6, 6.07) is 15.3. The van der Waals surface area contributed by atoms with Crippen LogP contribution < -0.4 is 5.32 Å². The number of aromatic nitrogens is 1. The van der Waals surface area contributed by atoms with Gasteiger partial charge in [0, 0.05) is 50.9 Å². The second-order valence-electron chi connectivity index (χ2n) is 7.24. The second-order valence-corrected chi connectivity index (χ2v) is 7.24. The van der Waals surface area contributed by atoms with Gasteiger partial charge in [0.1, 0.15) is 5.76 Å². The molecule has 1 aliphatic heterocycles. The van der Waals surface area contributed by atoms with Crippen LogP contribution in [0.2, 0.25) is 0 Å². The molecule has 0 bridgehead atoms. The molecule has 0 saturated carbocycles. The fraction of sp³-hybridized carbons (Fsp3) is 0.318. The predicted octanol–water partition coefficient (Wildman–Crippen LogP) is 2.32. The molecule has 1 fully saturated rings. The lowest BCUT2D eigenvalue weighted by Crippen LogP contribution is -2.50. The molecule has 0 spiro atoms. The summed E-state index contributed by atoms with van der Waals surface area (Å²) in [5.74, 6) is 0.483. The SMILES string of the molecule is Cc1cc(C(=O)N2CCN(CCNC(=O)c3cccc4ccccc34)CC2)no1. The average Bonchev–Trinajstić information content (AvgIpc) is 3.19. The van der Waals surface area contributed by atoms with Gasteiger partial charge in [0.15, 0.2) is 5.69 Å². The summed E-state index contributed by atoms with van der Waals surface area (Å²) in [7, 11) is 0. The molecule has 2 heterocycles. The Hall–Kier alpha value is -3.19. The summed E-state index contributed by atoms with van der Waals surface area (Å²) in [6.45, 7) is 5.91. The molecule has 1 N–H and O–H groups in total. The number of amides is 2. The third kappa shape index (κ3) is 4.30. The van der Waals surface area contributed by atoms with Crippen LogP contribution in [0.3, 0.4) is 0 Å². The zero-order valence-electron chi connectivity index (χ0n) is 16.4. The van der Waals surface area contributed by atoms with E-state index in [1.807, 2.05) is 42.5 Å². The van der Waals surface area contributed by atoms with Crippen molar-refractivity contribution in [2.24, 2.45) is 0 Å². The van der Waals surface area contributed by atoms with E-state index in [-0.39, 0.29) is 11.8 Å². The molecule has 1 saturated heterocycles. The molecule has 1 aromatic heterocycles. The lowest BCUT2D eigenvalue weighted by atomic mass is 10.0. The number of hydrogen-bond donors (Lipinski definition) is 1. The van der Waals surface area contributed by atoms with Crippen molar-refractivity contribution in [2.45, 2.75) is 6.92 Å². The maximum atomic E-state index is 12.6. The fourth-order valence-corrected chi connectivity index (χ4v) is 3.65. The van der Waals surface area contributed by atoms with Gasteiger partial charge in [-0.15, -0.1) is 0 Å². The van der Waals surface area contributed by atoms with Gasteiger partial charge < -0.3 is 14.7 Å². The minimum Gasteiger partial charge on any atom is -0.361 e. The van der Waals surface area contributed by atoms with Crippen LogP contribution in [-0.4, -0.2) is 66.0 Å². The normalized spacial score (nSPS) is 14.9. The molecule has 2 amide bonds. The first-order chi connectivity index (χ1) is 14.1. The Bertz CT molecular complexity index is 1020. The maximum absolute atomic E-state index is 12.6. The number of carbonyl (C=O) groups excluding carboxylic acids is 2. The third-order valence-electron chi connectivity index (χ3n) is 5.25. The van der Waals surface area contributed by atoms with Crippen molar-refractivity contribution in [1.82, 2.24) is 20.3 Å². The van der Waals surface area contributed by atoms with E-state index < -0.39 is 0 Å². The summed E-state index contributed by atoms with van der Waals surface area (Å²) in [4.78, 5) is 29.1. The highest BCUT2D eigenvalue weighted by Gasteiger charge is 2.24. The maximum Gasteiger partial charge on any atom is 0.276 e. The van der Waals surface area contributed by atoms with Crippen LogP contribution in [0.25, 0.3) is 10.8 Å². The molecule has 29 heavy (non-hydrogen) atoms. The van der Waals surface area contributed by atoms with E-state index in [2.05, 4.69) is 15.4 Å².